The van der Waals surface area contributed by atoms with E-state index >= 15 is 0 Å². The normalized spacial score (nSPS) is 16.2. The quantitative estimate of drug-likeness (QED) is 0.789. The Hall–Kier alpha value is -1.49. The molecule has 0 aliphatic heterocycles. The molecule has 22 heavy (non-hydrogen) atoms. The first-order valence-corrected chi connectivity index (χ1v) is 9.10. The molecule has 4 nitrogen and oxygen atoms in total. The molecule has 0 bridgehead atoms. The molecule has 5 heteroatoms. The Morgan fingerprint density at radius 1 is 1.36 bits per heavy atom. The Morgan fingerprint density at radius 3 is 2.68 bits per heavy atom. The molecule has 0 aromatic carbocycles. The van der Waals surface area contributed by atoms with E-state index in [2.05, 4.69) is 30.7 Å². The van der Waals surface area contributed by atoms with Crippen molar-refractivity contribution in [1.29, 1.82) is 0 Å². The summed E-state index contributed by atoms with van der Waals surface area (Å²) >= 11 is 1.57. The van der Waals surface area contributed by atoms with E-state index in [1.807, 2.05) is 35.1 Å². The molecule has 0 saturated heterocycles. The third-order valence-corrected chi connectivity index (χ3v) is 5.13. The van der Waals surface area contributed by atoms with E-state index in [0.29, 0.717) is 17.7 Å². The van der Waals surface area contributed by atoms with Crippen molar-refractivity contribution in [1.82, 2.24) is 14.3 Å². The van der Waals surface area contributed by atoms with Crippen LogP contribution in [-0.2, 0) is 0 Å². The van der Waals surface area contributed by atoms with E-state index in [4.69, 9.17) is 0 Å². The van der Waals surface area contributed by atoms with Crippen molar-refractivity contribution < 1.29 is 4.79 Å². The van der Waals surface area contributed by atoms with Gasteiger partial charge in [0.2, 0.25) is 0 Å². The molecule has 1 aliphatic rings. The maximum absolute atomic E-state index is 13.2. The van der Waals surface area contributed by atoms with Crippen LogP contribution in [0.4, 0.5) is 0 Å². The second-order valence-electron chi connectivity index (χ2n) is 6.33. The van der Waals surface area contributed by atoms with Crippen molar-refractivity contribution in [2.45, 2.75) is 50.9 Å². The van der Waals surface area contributed by atoms with E-state index in [1.54, 1.807) is 11.8 Å². The molecule has 1 fully saturated rings. The Labute approximate surface area is 135 Å². The summed E-state index contributed by atoms with van der Waals surface area (Å²) in [6.07, 6.45) is 6.19. The number of hydrogen-bond acceptors (Lipinski definition) is 3. The molecular formula is C17H23N3OS. The van der Waals surface area contributed by atoms with Crippen molar-refractivity contribution in [3.8, 4) is 0 Å². The number of thioether (sulfide) groups is 1. The van der Waals surface area contributed by atoms with Crippen LogP contribution in [-0.4, -0.2) is 38.5 Å². The Bertz CT molecular complexity index is 690. The van der Waals surface area contributed by atoms with Gasteiger partial charge < -0.3 is 4.90 Å². The molecule has 3 rings (SSSR count). The fraction of sp³-hybridized carbons (Fsp3) is 0.529. The maximum atomic E-state index is 13.2. The molecule has 1 atom stereocenters. The third-order valence-electron chi connectivity index (χ3n) is 4.48. The number of fused-ring (bicyclic) bond motifs is 1. The zero-order valence-corrected chi connectivity index (χ0v) is 14.4. The van der Waals surface area contributed by atoms with Gasteiger partial charge in [-0.2, -0.15) is 0 Å². The van der Waals surface area contributed by atoms with Crippen molar-refractivity contribution in [3.63, 3.8) is 0 Å². The zero-order chi connectivity index (χ0) is 15.9. The van der Waals surface area contributed by atoms with E-state index < -0.39 is 0 Å². The average Bonchev–Trinajstić information content (AvgIpc) is 3.27. The first-order valence-electron chi connectivity index (χ1n) is 7.88. The van der Waals surface area contributed by atoms with Gasteiger partial charge in [0.05, 0.1) is 5.52 Å². The fourth-order valence-corrected chi connectivity index (χ4v) is 3.33. The molecule has 1 saturated carbocycles. The molecule has 0 N–H and O–H groups in total. The highest BCUT2D eigenvalue weighted by Crippen LogP contribution is 2.33. The second-order valence-corrected chi connectivity index (χ2v) is 7.10. The third kappa shape index (κ3) is 2.62. The molecule has 1 amide bonds. The van der Waals surface area contributed by atoms with Crippen LogP contribution in [0.3, 0.4) is 0 Å². The topological polar surface area (TPSA) is 37.6 Å². The maximum Gasteiger partial charge on any atom is 0.275 e. The van der Waals surface area contributed by atoms with Crippen LogP contribution < -0.4 is 0 Å². The van der Waals surface area contributed by atoms with Crippen molar-refractivity contribution in [3.05, 3.63) is 30.1 Å². The first-order chi connectivity index (χ1) is 10.5. The van der Waals surface area contributed by atoms with Crippen LogP contribution in [0.1, 0.15) is 44.1 Å². The van der Waals surface area contributed by atoms with Gasteiger partial charge in [-0.15, -0.1) is 0 Å². The highest BCUT2D eigenvalue weighted by atomic mass is 32.2. The Kier molecular flexibility index (Phi) is 4.17. The SMILES string of the molecule is CSc1nc(C(=O)N(C2CC2)C(C)C(C)C)c2ccccn12. The number of nitrogens with zero attached hydrogens (tertiary/aromatic N) is 3. The van der Waals surface area contributed by atoms with Gasteiger partial charge in [0.25, 0.3) is 5.91 Å². The minimum absolute atomic E-state index is 0.0766. The summed E-state index contributed by atoms with van der Waals surface area (Å²) < 4.78 is 2.00. The van der Waals surface area contributed by atoms with Crippen LogP contribution in [0.2, 0.25) is 0 Å². The van der Waals surface area contributed by atoms with Crippen LogP contribution in [0, 0.1) is 5.92 Å². The van der Waals surface area contributed by atoms with Crippen molar-refractivity contribution >= 4 is 23.2 Å². The van der Waals surface area contributed by atoms with Crippen LogP contribution in [0.5, 0.6) is 0 Å². The van der Waals surface area contributed by atoms with Gasteiger partial charge in [0, 0.05) is 18.3 Å². The van der Waals surface area contributed by atoms with E-state index in [9.17, 15) is 4.79 Å². The second kappa shape index (κ2) is 5.95. The van der Waals surface area contributed by atoms with E-state index in [-0.39, 0.29) is 11.9 Å². The molecule has 118 valence electrons. The summed E-state index contributed by atoms with van der Waals surface area (Å²) in [5, 5.41) is 0.867. The number of rotatable bonds is 5. The molecule has 2 heterocycles. The lowest BCUT2D eigenvalue weighted by Gasteiger charge is -2.31. The zero-order valence-electron chi connectivity index (χ0n) is 13.6. The van der Waals surface area contributed by atoms with Crippen LogP contribution >= 0.6 is 11.8 Å². The number of imidazole rings is 1. The smallest absolute Gasteiger partial charge is 0.275 e. The molecule has 1 aliphatic carbocycles. The summed E-state index contributed by atoms with van der Waals surface area (Å²) in [4.78, 5) is 19.8. The summed E-state index contributed by atoms with van der Waals surface area (Å²) in [6.45, 7) is 6.49. The fourth-order valence-electron chi connectivity index (χ4n) is 2.79. The lowest BCUT2D eigenvalue weighted by Crippen LogP contribution is -2.43. The lowest BCUT2D eigenvalue weighted by molar-refractivity contribution is 0.0624. The van der Waals surface area contributed by atoms with Gasteiger partial charge in [0.15, 0.2) is 10.9 Å². The number of aromatic nitrogens is 2. The summed E-state index contributed by atoms with van der Waals surface area (Å²) in [6, 6.07) is 6.54. The molecule has 0 spiro atoms. The number of carbonyl (C=O) groups is 1. The van der Waals surface area contributed by atoms with Crippen molar-refractivity contribution in [2.24, 2.45) is 5.92 Å². The molecule has 1 unspecified atom stereocenters. The van der Waals surface area contributed by atoms with Crippen molar-refractivity contribution in [2.75, 3.05) is 6.26 Å². The van der Waals surface area contributed by atoms with E-state index in [0.717, 1.165) is 23.5 Å². The number of pyridine rings is 1. The highest BCUT2D eigenvalue weighted by molar-refractivity contribution is 7.98. The minimum atomic E-state index is 0.0766. The number of amides is 1. The molecule has 0 radical (unpaired) electrons. The monoisotopic (exact) mass is 317 g/mol. The van der Waals surface area contributed by atoms with E-state index in [1.165, 1.54) is 0 Å². The summed E-state index contributed by atoms with van der Waals surface area (Å²) in [7, 11) is 0. The van der Waals surface area contributed by atoms with Gasteiger partial charge in [-0.1, -0.05) is 31.7 Å². The van der Waals surface area contributed by atoms with Gasteiger partial charge >= 0.3 is 0 Å². The standard InChI is InChI=1S/C17H23N3OS/c1-11(2)12(3)20(13-8-9-13)16(21)15-14-7-5-6-10-19(14)17(18-15)22-4/h5-7,10-13H,8-9H2,1-4H3. The highest BCUT2D eigenvalue weighted by Gasteiger charge is 2.38. The summed E-state index contributed by atoms with van der Waals surface area (Å²) in [5.74, 6) is 0.520. The number of carbonyl (C=O) groups excluding carboxylic acids is 1. The number of hydrogen-bond donors (Lipinski definition) is 0. The van der Waals surface area contributed by atoms with Gasteiger partial charge in [-0.3, -0.25) is 9.20 Å². The Balaban J connectivity index is 2.04. The predicted octanol–water partition coefficient (Wildman–Crippen LogP) is 3.71. The molecule has 2 aromatic rings. The van der Waals surface area contributed by atoms with Gasteiger partial charge in [0.1, 0.15) is 0 Å². The average molecular weight is 317 g/mol. The predicted molar refractivity (Wildman–Crippen MR) is 90.5 cm³/mol. The summed E-state index contributed by atoms with van der Waals surface area (Å²) in [5.41, 5.74) is 1.49. The van der Waals surface area contributed by atoms with Crippen LogP contribution in [0.15, 0.2) is 29.6 Å². The van der Waals surface area contributed by atoms with Crippen LogP contribution in [0.25, 0.3) is 5.52 Å². The Morgan fingerprint density at radius 2 is 2.09 bits per heavy atom. The largest absolute Gasteiger partial charge is 0.331 e. The molecular weight excluding hydrogens is 294 g/mol. The minimum Gasteiger partial charge on any atom is -0.331 e. The molecule has 2 aromatic heterocycles. The lowest BCUT2D eigenvalue weighted by atomic mass is 10.0. The van der Waals surface area contributed by atoms with Gasteiger partial charge in [-0.05, 0) is 44.1 Å². The first kappa shape index (κ1) is 15.4. The van der Waals surface area contributed by atoms with Gasteiger partial charge in [-0.25, -0.2) is 4.98 Å².